The first-order valence-corrected chi connectivity index (χ1v) is 6.06. The molecule has 0 radical (unpaired) electrons. The lowest BCUT2D eigenvalue weighted by Gasteiger charge is -2.18. The van der Waals surface area contributed by atoms with Crippen molar-refractivity contribution >= 4 is 17.1 Å². The molecule has 3 nitrogen and oxygen atoms in total. The molecular weight excluding hydrogens is 286 g/mol. The van der Waals surface area contributed by atoms with E-state index in [1.807, 2.05) is 6.92 Å². The number of hydrogen-bond donors (Lipinski definition) is 1. The minimum atomic E-state index is -1.70. The molecule has 0 unspecified atom stereocenters. The highest BCUT2D eigenvalue weighted by atomic mass is 19.2. The number of nitrogens with zero attached hydrogens (tertiary/aromatic N) is 2. The topological polar surface area (TPSA) is 28.2 Å². The van der Waals surface area contributed by atoms with Crippen LogP contribution in [0.2, 0.25) is 0 Å². The zero-order chi connectivity index (χ0) is 15.7. The van der Waals surface area contributed by atoms with E-state index in [4.69, 9.17) is 0 Å². The number of pyridine rings is 1. The summed E-state index contributed by atoms with van der Waals surface area (Å²) < 4.78 is 53.2. The fraction of sp³-hybridized carbons (Fsp3) is 0.214. The molecule has 0 fully saturated rings. The van der Waals surface area contributed by atoms with Gasteiger partial charge in [0.25, 0.3) is 11.9 Å². The van der Waals surface area contributed by atoms with Crippen LogP contribution in [0.1, 0.15) is 5.56 Å². The lowest BCUT2D eigenvalue weighted by atomic mass is 10.1. The van der Waals surface area contributed by atoms with Gasteiger partial charge in [-0.3, -0.25) is 0 Å². The van der Waals surface area contributed by atoms with Gasteiger partial charge < -0.3 is 10.2 Å². The van der Waals surface area contributed by atoms with Gasteiger partial charge in [0.1, 0.15) is 5.69 Å². The van der Waals surface area contributed by atoms with Crippen LogP contribution in [-0.4, -0.2) is 19.1 Å². The van der Waals surface area contributed by atoms with Gasteiger partial charge in [-0.1, -0.05) is 6.07 Å². The first kappa shape index (κ1) is 15.1. The van der Waals surface area contributed by atoms with Crippen LogP contribution in [0.3, 0.4) is 0 Å². The zero-order valence-electron chi connectivity index (χ0n) is 11.6. The summed E-state index contributed by atoms with van der Waals surface area (Å²) in [4.78, 5) is 4.31. The molecule has 0 aliphatic heterocycles. The number of anilines is 3. The van der Waals surface area contributed by atoms with Gasteiger partial charge in [-0.05, 0) is 24.6 Å². The quantitative estimate of drug-likeness (QED) is 0.691. The second-order valence-corrected chi connectivity index (χ2v) is 4.72. The summed E-state index contributed by atoms with van der Waals surface area (Å²) in [5.41, 5.74) is 1.13. The summed E-state index contributed by atoms with van der Waals surface area (Å²) in [6.45, 7) is 1.87. The third kappa shape index (κ3) is 2.91. The minimum Gasteiger partial charge on any atom is -0.377 e. The largest absolute Gasteiger partial charge is 0.377 e. The van der Waals surface area contributed by atoms with Crippen molar-refractivity contribution in [2.24, 2.45) is 0 Å². The number of nitrogens with one attached hydrogen (secondary N) is 1. The van der Waals surface area contributed by atoms with Crippen molar-refractivity contribution in [3.63, 3.8) is 0 Å². The summed E-state index contributed by atoms with van der Waals surface area (Å²) in [6, 6.07) is 4.89. The normalized spacial score (nSPS) is 10.6. The van der Waals surface area contributed by atoms with E-state index in [1.54, 1.807) is 37.2 Å². The van der Waals surface area contributed by atoms with E-state index in [9.17, 15) is 17.6 Å². The number of benzene rings is 1. The van der Waals surface area contributed by atoms with Gasteiger partial charge in [-0.25, -0.2) is 0 Å². The Morgan fingerprint density at radius 2 is 1.57 bits per heavy atom. The van der Waals surface area contributed by atoms with Gasteiger partial charge in [0, 0.05) is 25.5 Å². The average Bonchev–Trinajstić information content (AvgIpc) is 2.43. The predicted molar refractivity (Wildman–Crippen MR) is 72.9 cm³/mol. The fourth-order valence-electron chi connectivity index (χ4n) is 1.91. The standard InChI is InChI=1S/C14H13F4N3/c1-7-4-5-8(6-9(7)21(2)3)19-12-10(15)13(17)20-14(18)11(12)16/h4-6H,1-3H3,(H,19,20). The molecule has 1 N–H and O–H groups in total. The monoisotopic (exact) mass is 299 g/mol. The zero-order valence-corrected chi connectivity index (χ0v) is 11.6. The molecule has 0 saturated carbocycles. The van der Waals surface area contributed by atoms with Crippen LogP contribution >= 0.6 is 0 Å². The highest BCUT2D eigenvalue weighted by molar-refractivity contribution is 5.67. The van der Waals surface area contributed by atoms with Crippen LogP contribution in [0.4, 0.5) is 34.6 Å². The summed E-state index contributed by atoms with van der Waals surface area (Å²) in [5.74, 6) is -6.53. The molecule has 0 spiro atoms. The number of rotatable bonds is 3. The van der Waals surface area contributed by atoms with Gasteiger partial charge in [0.15, 0.2) is 0 Å². The van der Waals surface area contributed by atoms with Gasteiger partial charge in [-0.15, -0.1) is 0 Å². The molecule has 0 atom stereocenters. The average molecular weight is 299 g/mol. The highest BCUT2D eigenvalue weighted by Gasteiger charge is 2.21. The molecule has 0 saturated heterocycles. The number of halogens is 4. The van der Waals surface area contributed by atoms with Crippen molar-refractivity contribution in [2.45, 2.75) is 6.92 Å². The molecule has 0 aliphatic carbocycles. The molecule has 0 bridgehead atoms. The van der Waals surface area contributed by atoms with E-state index in [1.165, 1.54) is 0 Å². The highest BCUT2D eigenvalue weighted by Crippen LogP contribution is 2.29. The van der Waals surface area contributed by atoms with E-state index < -0.39 is 29.2 Å². The third-order valence-corrected chi connectivity index (χ3v) is 2.96. The number of hydrogen-bond acceptors (Lipinski definition) is 3. The summed E-state index contributed by atoms with van der Waals surface area (Å²) in [6.07, 6.45) is 0. The van der Waals surface area contributed by atoms with Crippen LogP contribution in [-0.2, 0) is 0 Å². The maximum Gasteiger partial charge on any atom is 0.253 e. The Kier molecular flexibility index (Phi) is 4.02. The molecule has 2 aromatic rings. The van der Waals surface area contributed by atoms with Gasteiger partial charge >= 0.3 is 0 Å². The summed E-state index contributed by atoms with van der Waals surface area (Å²) in [5, 5.41) is 2.35. The van der Waals surface area contributed by atoms with Crippen LogP contribution in [0.5, 0.6) is 0 Å². The molecule has 1 heterocycles. The van der Waals surface area contributed by atoms with E-state index in [-0.39, 0.29) is 0 Å². The Bertz CT molecular complexity index is 660. The molecule has 1 aromatic carbocycles. The van der Waals surface area contributed by atoms with Crippen molar-refractivity contribution in [3.8, 4) is 0 Å². The number of aryl methyl sites for hydroxylation is 1. The van der Waals surface area contributed by atoms with E-state index in [2.05, 4.69) is 10.3 Å². The van der Waals surface area contributed by atoms with Gasteiger partial charge in [0.05, 0.1) is 0 Å². The third-order valence-electron chi connectivity index (χ3n) is 2.96. The Labute approximate surface area is 119 Å². The van der Waals surface area contributed by atoms with Crippen molar-refractivity contribution < 1.29 is 17.6 Å². The molecule has 21 heavy (non-hydrogen) atoms. The van der Waals surface area contributed by atoms with Crippen molar-refractivity contribution in [1.29, 1.82) is 0 Å². The van der Waals surface area contributed by atoms with E-state index in [0.717, 1.165) is 11.3 Å². The van der Waals surface area contributed by atoms with Crippen LogP contribution in [0.15, 0.2) is 18.2 Å². The maximum atomic E-state index is 13.5. The molecule has 112 valence electrons. The maximum absolute atomic E-state index is 13.5. The first-order chi connectivity index (χ1) is 9.81. The Hall–Kier alpha value is -2.31. The lowest BCUT2D eigenvalue weighted by Crippen LogP contribution is -2.11. The number of aromatic nitrogens is 1. The van der Waals surface area contributed by atoms with Gasteiger partial charge in [0.2, 0.25) is 11.6 Å². The van der Waals surface area contributed by atoms with Crippen LogP contribution in [0, 0.1) is 30.5 Å². The van der Waals surface area contributed by atoms with Crippen molar-refractivity contribution in [2.75, 3.05) is 24.3 Å². The second kappa shape index (κ2) is 5.59. The Morgan fingerprint density at radius 3 is 2.10 bits per heavy atom. The van der Waals surface area contributed by atoms with Crippen molar-refractivity contribution in [3.05, 3.63) is 47.3 Å². The summed E-state index contributed by atoms with van der Waals surface area (Å²) in [7, 11) is 3.61. The Balaban J connectivity index is 2.46. The molecule has 1 aromatic heterocycles. The smallest absolute Gasteiger partial charge is 0.253 e. The second-order valence-electron chi connectivity index (χ2n) is 4.72. The minimum absolute atomic E-state index is 0.298. The Morgan fingerprint density at radius 1 is 1.00 bits per heavy atom. The molecule has 0 amide bonds. The fourth-order valence-corrected chi connectivity index (χ4v) is 1.91. The van der Waals surface area contributed by atoms with Crippen LogP contribution in [0.25, 0.3) is 0 Å². The van der Waals surface area contributed by atoms with Crippen LogP contribution < -0.4 is 10.2 Å². The van der Waals surface area contributed by atoms with Gasteiger partial charge in [-0.2, -0.15) is 22.5 Å². The molecule has 7 heteroatoms. The molecular formula is C14H13F4N3. The lowest BCUT2D eigenvalue weighted by molar-refractivity contribution is 0.411. The van der Waals surface area contributed by atoms with E-state index >= 15 is 0 Å². The summed E-state index contributed by atoms with van der Waals surface area (Å²) >= 11 is 0. The predicted octanol–water partition coefficient (Wildman–Crippen LogP) is 3.76. The van der Waals surface area contributed by atoms with E-state index in [0.29, 0.717) is 5.69 Å². The molecule has 2 rings (SSSR count). The SMILES string of the molecule is Cc1ccc(Nc2c(F)c(F)nc(F)c2F)cc1N(C)C. The molecule has 0 aliphatic rings. The first-order valence-electron chi connectivity index (χ1n) is 6.06. The van der Waals surface area contributed by atoms with Crippen molar-refractivity contribution in [1.82, 2.24) is 4.98 Å².